The minimum Gasteiger partial charge on any atom is -0.131 e. The largest absolute Gasteiger partial charge is 0.131 e. The Labute approximate surface area is 120 Å². The third-order valence-corrected chi connectivity index (χ3v) is 3.49. The lowest BCUT2D eigenvalue weighted by Crippen LogP contribution is -2.25. The lowest BCUT2D eigenvalue weighted by molar-refractivity contribution is 0.388. The second kappa shape index (κ2) is 7.66. The van der Waals surface area contributed by atoms with Crippen molar-refractivity contribution in [2.24, 2.45) is 5.92 Å². The van der Waals surface area contributed by atoms with Crippen molar-refractivity contribution in [3.8, 4) is 0 Å². The Morgan fingerprint density at radius 3 is 2.19 bits per heavy atom. The predicted octanol–water partition coefficient (Wildman–Crippen LogP) is 4.92. The zero-order valence-corrected chi connectivity index (χ0v) is 14.1. The van der Waals surface area contributed by atoms with Gasteiger partial charge in [-0.25, -0.2) is 0 Å². The van der Waals surface area contributed by atoms with Crippen LogP contribution in [0.25, 0.3) is 0 Å². The van der Waals surface area contributed by atoms with E-state index in [1.165, 1.54) is 24.8 Å². The zero-order valence-electron chi connectivity index (χ0n) is 10.6. The van der Waals surface area contributed by atoms with Crippen LogP contribution >= 0.6 is 33.2 Å². The van der Waals surface area contributed by atoms with Gasteiger partial charge in [0.2, 0.25) is 0 Å². The topological polar surface area (TPSA) is 0 Å². The lowest BCUT2D eigenvalue weighted by Gasteiger charge is -2.30. The van der Waals surface area contributed by atoms with E-state index >= 15 is 0 Å². The maximum Gasteiger partial charge on any atom is -0.0175 e. The Morgan fingerprint density at radius 2 is 1.75 bits per heavy atom. The van der Waals surface area contributed by atoms with Gasteiger partial charge in [0.1, 0.15) is 0 Å². The highest BCUT2D eigenvalue weighted by atomic mass is 127. The SMILES string of the molecule is CCCC(Cc1ccccc1)C(C)(C)P.I. The summed E-state index contributed by atoms with van der Waals surface area (Å²) in [4.78, 5) is 0. The molecule has 2 heteroatoms. The molecule has 2 unspecified atom stereocenters. The molecule has 0 spiro atoms. The maximum absolute atomic E-state index is 3.00. The third kappa shape index (κ3) is 5.63. The van der Waals surface area contributed by atoms with Crippen LogP contribution in [0.4, 0.5) is 0 Å². The van der Waals surface area contributed by atoms with Crippen molar-refractivity contribution in [1.82, 2.24) is 0 Å². The van der Waals surface area contributed by atoms with Crippen molar-refractivity contribution in [2.75, 3.05) is 0 Å². The minimum atomic E-state index is 0. The molecule has 0 heterocycles. The number of benzene rings is 1. The summed E-state index contributed by atoms with van der Waals surface area (Å²) in [6, 6.07) is 10.8. The Morgan fingerprint density at radius 1 is 1.19 bits per heavy atom. The molecule has 1 aromatic carbocycles. The fraction of sp³-hybridized carbons (Fsp3) is 0.571. The summed E-state index contributed by atoms with van der Waals surface area (Å²) in [5.74, 6) is 0.759. The average molecular weight is 350 g/mol. The van der Waals surface area contributed by atoms with E-state index in [9.17, 15) is 0 Å². The first kappa shape index (κ1) is 16.4. The van der Waals surface area contributed by atoms with E-state index in [-0.39, 0.29) is 24.0 Å². The molecule has 1 rings (SSSR count). The van der Waals surface area contributed by atoms with E-state index in [2.05, 4.69) is 60.3 Å². The van der Waals surface area contributed by atoms with Crippen LogP contribution in [0.3, 0.4) is 0 Å². The van der Waals surface area contributed by atoms with E-state index in [1.807, 2.05) is 0 Å². The molecule has 16 heavy (non-hydrogen) atoms. The highest BCUT2D eigenvalue weighted by Gasteiger charge is 2.23. The quantitative estimate of drug-likeness (QED) is 0.523. The van der Waals surface area contributed by atoms with Crippen LogP contribution < -0.4 is 0 Å². The molecule has 0 amide bonds. The molecular weight excluding hydrogens is 326 g/mol. The van der Waals surface area contributed by atoms with E-state index in [1.54, 1.807) is 0 Å². The van der Waals surface area contributed by atoms with Gasteiger partial charge >= 0.3 is 0 Å². The fourth-order valence-electron chi connectivity index (χ4n) is 1.98. The van der Waals surface area contributed by atoms with Crippen LogP contribution in [-0.2, 0) is 6.42 Å². The fourth-order valence-corrected chi connectivity index (χ4v) is 2.27. The van der Waals surface area contributed by atoms with Gasteiger partial charge in [0.05, 0.1) is 0 Å². The number of rotatable bonds is 5. The van der Waals surface area contributed by atoms with Crippen molar-refractivity contribution in [1.29, 1.82) is 0 Å². The first-order valence-electron chi connectivity index (χ1n) is 5.87. The highest BCUT2D eigenvalue weighted by molar-refractivity contribution is 14.0. The molecule has 0 aliphatic rings. The summed E-state index contributed by atoms with van der Waals surface area (Å²) < 4.78 is 0. The number of halogens is 1. The molecule has 0 radical (unpaired) electrons. The van der Waals surface area contributed by atoms with E-state index in [0.717, 1.165) is 5.92 Å². The number of hydrogen-bond acceptors (Lipinski definition) is 0. The average Bonchev–Trinajstić information content (AvgIpc) is 2.17. The van der Waals surface area contributed by atoms with Crippen LogP contribution in [0.5, 0.6) is 0 Å². The van der Waals surface area contributed by atoms with Gasteiger partial charge in [0.25, 0.3) is 0 Å². The standard InChI is InChI=1S/C14H23P.HI/c1-4-8-13(14(2,3)15)11-12-9-6-5-7-10-12;/h5-7,9-10,13H,4,8,11,15H2,1-3H3;1H. The molecule has 0 aliphatic heterocycles. The first-order chi connectivity index (χ1) is 7.04. The summed E-state index contributed by atoms with van der Waals surface area (Å²) in [5, 5.41) is 0.339. The van der Waals surface area contributed by atoms with Gasteiger partial charge in [-0.05, 0) is 29.5 Å². The predicted molar refractivity (Wildman–Crippen MR) is 87.7 cm³/mol. The van der Waals surface area contributed by atoms with E-state index < -0.39 is 0 Å². The Hall–Kier alpha value is 0.380. The smallest absolute Gasteiger partial charge is 0.0175 e. The van der Waals surface area contributed by atoms with Crippen LogP contribution in [0, 0.1) is 5.92 Å². The van der Waals surface area contributed by atoms with Gasteiger partial charge in [-0.3, -0.25) is 0 Å². The normalized spacial score (nSPS) is 13.0. The van der Waals surface area contributed by atoms with Crippen LogP contribution in [0.15, 0.2) is 30.3 Å². The number of hydrogen-bond donors (Lipinski definition) is 0. The van der Waals surface area contributed by atoms with Crippen LogP contribution in [0.2, 0.25) is 0 Å². The third-order valence-electron chi connectivity index (χ3n) is 3.01. The molecule has 92 valence electrons. The lowest BCUT2D eigenvalue weighted by atomic mass is 9.85. The zero-order chi connectivity index (χ0) is 11.3. The molecule has 2 atom stereocenters. The van der Waals surface area contributed by atoms with E-state index in [4.69, 9.17) is 0 Å². The summed E-state index contributed by atoms with van der Waals surface area (Å²) in [7, 11) is 3.00. The van der Waals surface area contributed by atoms with Crippen molar-refractivity contribution in [3.63, 3.8) is 0 Å². The molecule has 0 N–H and O–H groups in total. The van der Waals surface area contributed by atoms with Crippen molar-refractivity contribution >= 4 is 33.2 Å². The molecule has 0 bridgehead atoms. The Bertz CT molecular complexity index is 277. The first-order valence-corrected chi connectivity index (χ1v) is 6.44. The van der Waals surface area contributed by atoms with Crippen molar-refractivity contribution in [3.05, 3.63) is 35.9 Å². The van der Waals surface area contributed by atoms with Gasteiger partial charge in [-0.15, -0.1) is 33.2 Å². The molecule has 0 saturated carbocycles. The second-order valence-electron chi connectivity index (χ2n) is 5.00. The van der Waals surface area contributed by atoms with Crippen LogP contribution in [0.1, 0.15) is 39.2 Å². The Kier molecular flexibility index (Phi) is 7.84. The summed E-state index contributed by atoms with van der Waals surface area (Å²) in [5.41, 5.74) is 1.46. The molecule has 0 nitrogen and oxygen atoms in total. The van der Waals surface area contributed by atoms with Gasteiger partial charge in [-0.1, -0.05) is 57.5 Å². The Balaban J connectivity index is 0.00000225. The molecule has 0 aliphatic carbocycles. The van der Waals surface area contributed by atoms with Crippen LogP contribution in [-0.4, -0.2) is 5.16 Å². The minimum absolute atomic E-state index is 0. The molecule has 0 saturated heterocycles. The van der Waals surface area contributed by atoms with Gasteiger partial charge < -0.3 is 0 Å². The summed E-state index contributed by atoms with van der Waals surface area (Å²) in [6.45, 7) is 6.91. The summed E-state index contributed by atoms with van der Waals surface area (Å²) >= 11 is 0. The summed E-state index contributed by atoms with van der Waals surface area (Å²) in [6.07, 6.45) is 3.78. The van der Waals surface area contributed by atoms with Gasteiger partial charge in [0, 0.05) is 0 Å². The van der Waals surface area contributed by atoms with Gasteiger partial charge in [-0.2, -0.15) is 0 Å². The molecule has 0 fully saturated rings. The molecular formula is C14H24IP. The monoisotopic (exact) mass is 350 g/mol. The molecule has 0 aromatic heterocycles. The van der Waals surface area contributed by atoms with E-state index in [0.29, 0.717) is 5.16 Å². The second-order valence-corrected chi connectivity index (χ2v) is 6.48. The maximum atomic E-state index is 3.00. The molecule has 1 aromatic rings. The van der Waals surface area contributed by atoms with Crippen molar-refractivity contribution < 1.29 is 0 Å². The van der Waals surface area contributed by atoms with Crippen molar-refractivity contribution in [2.45, 2.75) is 45.2 Å². The van der Waals surface area contributed by atoms with Gasteiger partial charge in [0.15, 0.2) is 0 Å². The highest BCUT2D eigenvalue weighted by Crippen LogP contribution is 2.33.